The highest BCUT2D eigenvalue weighted by Crippen LogP contribution is 2.22. The van der Waals surface area contributed by atoms with E-state index >= 15 is 0 Å². The third-order valence-electron chi connectivity index (χ3n) is 3.75. The minimum absolute atomic E-state index is 0.331. The number of aromatic nitrogens is 2. The van der Waals surface area contributed by atoms with Crippen LogP contribution in [0.2, 0.25) is 0 Å². The Balaban J connectivity index is 1.76. The summed E-state index contributed by atoms with van der Waals surface area (Å²) in [6.45, 7) is 2.39. The van der Waals surface area contributed by atoms with Gasteiger partial charge >= 0.3 is 0 Å². The number of hydrogen-bond donors (Lipinski definition) is 1. The van der Waals surface area contributed by atoms with Gasteiger partial charge in [-0.25, -0.2) is 14.4 Å². The van der Waals surface area contributed by atoms with Crippen LogP contribution in [0.4, 0.5) is 10.2 Å². The number of nitrogens with zero attached hydrogens (tertiary/aromatic N) is 3. The van der Waals surface area contributed by atoms with Crippen molar-refractivity contribution in [3.63, 3.8) is 0 Å². The first-order valence-corrected chi connectivity index (χ1v) is 7.99. The fourth-order valence-corrected chi connectivity index (χ4v) is 2.45. The van der Waals surface area contributed by atoms with Crippen molar-refractivity contribution in [2.24, 2.45) is 0 Å². The van der Waals surface area contributed by atoms with Crippen LogP contribution in [0.15, 0.2) is 48.8 Å². The van der Waals surface area contributed by atoms with Crippen LogP contribution in [0.3, 0.4) is 0 Å². The summed E-state index contributed by atoms with van der Waals surface area (Å²) < 4.78 is 19.1. The zero-order chi connectivity index (χ0) is 17.6. The van der Waals surface area contributed by atoms with Crippen LogP contribution in [0.1, 0.15) is 18.9 Å². The zero-order valence-corrected chi connectivity index (χ0v) is 13.7. The number of nitrogens with one attached hydrogen (secondary N) is 1. The molecule has 0 aliphatic heterocycles. The maximum atomic E-state index is 13.5. The Kier molecular flexibility index (Phi) is 5.05. The summed E-state index contributed by atoms with van der Waals surface area (Å²) in [5, 5.41) is 12.8. The molecule has 0 aliphatic rings. The van der Waals surface area contributed by atoms with E-state index in [1.165, 1.54) is 18.5 Å². The summed E-state index contributed by atoms with van der Waals surface area (Å²) in [5.74, 6) is 0.883. The smallest absolute Gasteiger partial charge is 0.184 e. The van der Waals surface area contributed by atoms with Crippen LogP contribution in [0.5, 0.6) is 5.75 Å². The molecule has 6 heteroatoms. The van der Waals surface area contributed by atoms with E-state index in [1.54, 1.807) is 6.07 Å². The molecule has 0 fully saturated rings. The quantitative estimate of drug-likeness (QED) is 0.735. The van der Waals surface area contributed by atoms with Gasteiger partial charge in [-0.3, -0.25) is 0 Å². The van der Waals surface area contributed by atoms with E-state index in [9.17, 15) is 4.39 Å². The van der Waals surface area contributed by atoms with Gasteiger partial charge in [0.25, 0.3) is 0 Å². The van der Waals surface area contributed by atoms with E-state index in [2.05, 4.69) is 21.4 Å². The Morgan fingerprint density at radius 2 is 2.12 bits per heavy atom. The molecule has 2 aromatic carbocycles. The Bertz CT molecular complexity index is 923. The summed E-state index contributed by atoms with van der Waals surface area (Å²) in [5.41, 5.74) is 1.64. The Labute approximate surface area is 145 Å². The number of hydrogen-bond acceptors (Lipinski definition) is 5. The molecule has 25 heavy (non-hydrogen) atoms. The van der Waals surface area contributed by atoms with Gasteiger partial charge in [-0.1, -0.05) is 19.1 Å². The van der Waals surface area contributed by atoms with Crippen LogP contribution in [0, 0.1) is 17.1 Å². The molecule has 3 rings (SSSR count). The molecule has 0 saturated heterocycles. The monoisotopic (exact) mass is 336 g/mol. The minimum atomic E-state index is -0.461. The van der Waals surface area contributed by atoms with Gasteiger partial charge in [0, 0.05) is 11.9 Å². The lowest BCUT2D eigenvalue weighted by molar-refractivity contribution is 0.251. The maximum absolute atomic E-state index is 13.5. The van der Waals surface area contributed by atoms with Crippen LogP contribution >= 0.6 is 0 Å². The standard InChI is InChI=1S/C19H17FN4O/c1-2-15(10-21)25-16-5-3-4-13(8-16)11-22-19-17-9-14(20)6-7-18(17)23-12-24-19/h3-9,12,15H,2,11H2,1H3,(H,22,23,24). The lowest BCUT2D eigenvalue weighted by atomic mass is 10.2. The fraction of sp³-hybridized carbons (Fsp3) is 0.211. The molecule has 1 aromatic heterocycles. The summed E-state index contributed by atoms with van der Waals surface area (Å²) in [4.78, 5) is 8.33. The molecule has 1 heterocycles. The molecule has 0 aliphatic carbocycles. The first kappa shape index (κ1) is 16.7. The molecular weight excluding hydrogens is 319 g/mol. The Hall–Kier alpha value is -3.20. The van der Waals surface area contributed by atoms with E-state index in [-0.39, 0.29) is 5.82 Å². The first-order valence-electron chi connectivity index (χ1n) is 7.99. The molecule has 3 aromatic rings. The molecular formula is C19H17FN4O. The largest absolute Gasteiger partial charge is 0.476 e. The van der Waals surface area contributed by atoms with E-state index < -0.39 is 6.10 Å². The minimum Gasteiger partial charge on any atom is -0.476 e. The second kappa shape index (κ2) is 7.58. The molecule has 126 valence electrons. The number of ether oxygens (including phenoxy) is 1. The van der Waals surface area contributed by atoms with Crippen molar-refractivity contribution in [1.82, 2.24) is 9.97 Å². The number of benzene rings is 2. The molecule has 1 N–H and O–H groups in total. The van der Waals surface area contributed by atoms with E-state index in [1.807, 2.05) is 31.2 Å². The van der Waals surface area contributed by atoms with Crippen molar-refractivity contribution in [1.29, 1.82) is 5.26 Å². The van der Waals surface area contributed by atoms with Gasteiger partial charge < -0.3 is 10.1 Å². The Morgan fingerprint density at radius 3 is 2.92 bits per heavy atom. The predicted octanol–water partition coefficient (Wildman–Crippen LogP) is 4.06. The van der Waals surface area contributed by atoms with Crippen molar-refractivity contribution in [2.75, 3.05) is 5.32 Å². The molecule has 1 atom stereocenters. The van der Waals surface area contributed by atoms with Crippen LogP contribution in [0.25, 0.3) is 10.9 Å². The van der Waals surface area contributed by atoms with Crippen molar-refractivity contribution < 1.29 is 9.13 Å². The van der Waals surface area contributed by atoms with Crippen LogP contribution < -0.4 is 10.1 Å². The topological polar surface area (TPSA) is 70.8 Å². The van der Waals surface area contributed by atoms with Gasteiger partial charge in [-0.2, -0.15) is 5.26 Å². The average molecular weight is 336 g/mol. The summed E-state index contributed by atoms with van der Waals surface area (Å²) in [7, 11) is 0. The van der Waals surface area contributed by atoms with Gasteiger partial charge in [-0.15, -0.1) is 0 Å². The normalized spacial score (nSPS) is 11.7. The molecule has 0 amide bonds. The van der Waals surface area contributed by atoms with Crippen molar-refractivity contribution in [3.8, 4) is 11.8 Å². The number of anilines is 1. The zero-order valence-electron chi connectivity index (χ0n) is 13.7. The number of fused-ring (bicyclic) bond motifs is 1. The predicted molar refractivity (Wildman–Crippen MR) is 93.6 cm³/mol. The van der Waals surface area contributed by atoms with E-state index in [0.29, 0.717) is 35.4 Å². The highest BCUT2D eigenvalue weighted by molar-refractivity contribution is 5.88. The molecule has 0 bridgehead atoms. The van der Waals surface area contributed by atoms with Gasteiger partial charge in [0.15, 0.2) is 6.10 Å². The number of nitriles is 1. The van der Waals surface area contributed by atoms with Crippen LogP contribution in [-0.4, -0.2) is 16.1 Å². The number of halogens is 1. The van der Waals surface area contributed by atoms with Crippen LogP contribution in [-0.2, 0) is 6.54 Å². The van der Waals surface area contributed by atoms with Gasteiger partial charge in [0.05, 0.1) is 5.52 Å². The molecule has 1 unspecified atom stereocenters. The highest BCUT2D eigenvalue weighted by atomic mass is 19.1. The molecule has 5 nitrogen and oxygen atoms in total. The fourth-order valence-electron chi connectivity index (χ4n) is 2.45. The second-order valence-corrected chi connectivity index (χ2v) is 5.53. The third-order valence-corrected chi connectivity index (χ3v) is 3.75. The maximum Gasteiger partial charge on any atom is 0.184 e. The summed E-state index contributed by atoms with van der Waals surface area (Å²) in [6.07, 6.45) is 1.61. The van der Waals surface area contributed by atoms with Crippen molar-refractivity contribution >= 4 is 16.7 Å². The van der Waals surface area contributed by atoms with Crippen molar-refractivity contribution in [3.05, 3.63) is 60.2 Å². The average Bonchev–Trinajstić information content (AvgIpc) is 2.64. The molecule has 0 spiro atoms. The highest BCUT2D eigenvalue weighted by Gasteiger charge is 2.08. The summed E-state index contributed by atoms with van der Waals surface area (Å²) >= 11 is 0. The lowest BCUT2D eigenvalue weighted by Crippen LogP contribution is -2.12. The van der Waals surface area contributed by atoms with Gasteiger partial charge in [0.1, 0.15) is 29.8 Å². The number of rotatable bonds is 6. The Morgan fingerprint density at radius 1 is 1.24 bits per heavy atom. The lowest BCUT2D eigenvalue weighted by Gasteiger charge is -2.12. The van der Waals surface area contributed by atoms with Gasteiger partial charge in [0.2, 0.25) is 0 Å². The van der Waals surface area contributed by atoms with E-state index in [0.717, 1.165) is 5.56 Å². The molecule has 0 radical (unpaired) electrons. The SMILES string of the molecule is CCC(C#N)Oc1cccc(CNc2ncnc3ccc(F)cc23)c1. The second-order valence-electron chi connectivity index (χ2n) is 5.53. The van der Waals surface area contributed by atoms with Crippen molar-refractivity contribution in [2.45, 2.75) is 26.0 Å². The third kappa shape index (κ3) is 4.01. The van der Waals surface area contributed by atoms with Gasteiger partial charge in [-0.05, 0) is 42.3 Å². The van der Waals surface area contributed by atoms with E-state index in [4.69, 9.17) is 10.00 Å². The summed E-state index contributed by atoms with van der Waals surface area (Å²) in [6, 6.07) is 14.0. The first-order chi connectivity index (χ1) is 12.2. The molecule has 0 saturated carbocycles.